The number of halogens is 9. The Morgan fingerprint density at radius 1 is 0.830 bits per heavy atom. The van der Waals surface area contributed by atoms with Crippen LogP contribution in [0.25, 0.3) is 0 Å². The van der Waals surface area contributed by atoms with Crippen molar-refractivity contribution >= 4 is 29.6 Å². The molecule has 2 fully saturated rings. The zero-order valence-corrected chi connectivity index (χ0v) is 23.6. The highest BCUT2D eigenvalue weighted by Gasteiger charge is 2.44. The third-order valence-electron chi connectivity index (χ3n) is 5.46. The Balaban J connectivity index is 0.000000430. The van der Waals surface area contributed by atoms with Crippen LogP contribution in [0, 0.1) is 0 Å². The number of carbonyl (C=O) groups is 4. The molecular weight excluding hydrogens is 671 g/mol. The third kappa shape index (κ3) is 15.0. The van der Waals surface area contributed by atoms with E-state index in [9.17, 15) is 44.3 Å². The highest BCUT2D eigenvalue weighted by molar-refractivity contribution is 5.94. The predicted octanol–water partition coefficient (Wildman–Crippen LogP) is 3.01. The number of ether oxygens (including phenoxy) is 2. The van der Waals surface area contributed by atoms with Crippen molar-refractivity contribution in [1.82, 2.24) is 14.9 Å². The largest absolute Gasteiger partial charge is 0.490 e. The molecule has 0 aliphatic carbocycles. The SMILES string of the molecule is O=C(O)C(F)(F)F.O=C(O)C(F)(F)F.O=C(O)C(F)(F)F.O=C1COC2(COCCN(Cc3cccnc3)C2)CN1c1ccccn1. The van der Waals surface area contributed by atoms with Gasteiger partial charge in [-0.1, -0.05) is 12.1 Å². The molecule has 1 amide bonds. The lowest BCUT2D eigenvalue weighted by Gasteiger charge is -2.42. The Morgan fingerprint density at radius 3 is 1.83 bits per heavy atom. The van der Waals surface area contributed by atoms with Crippen LogP contribution in [-0.2, 0) is 35.2 Å². The van der Waals surface area contributed by atoms with E-state index >= 15 is 0 Å². The quantitative estimate of drug-likeness (QED) is 0.400. The van der Waals surface area contributed by atoms with Crippen molar-refractivity contribution in [2.45, 2.75) is 30.7 Å². The molecule has 22 heteroatoms. The van der Waals surface area contributed by atoms with Crippen LogP contribution in [0.2, 0.25) is 0 Å². The maximum absolute atomic E-state index is 12.4. The summed E-state index contributed by atoms with van der Waals surface area (Å²) in [7, 11) is 0. The average molecular weight is 696 g/mol. The fraction of sp³-hybridized carbons (Fsp3) is 0.440. The fourth-order valence-corrected chi connectivity index (χ4v) is 3.49. The smallest absolute Gasteiger partial charge is 0.475 e. The van der Waals surface area contributed by atoms with Crippen LogP contribution in [-0.4, -0.2) is 118 Å². The zero-order chi connectivity index (χ0) is 36.1. The van der Waals surface area contributed by atoms with Crippen molar-refractivity contribution in [1.29, 1.82) is 0 Å². The van der Waals surface area contributed by atoms with E-state index < -0.39 is 42.0 Å². The topological polar surface area (TPSA) is 180 Å². The van der Waals surface area contributed by atoms with E-state index in [1.54, 1.807) is 17.3 Å². The Kier molecular flexibility index (Phi) is 15.0. The summed E-state index contributed by atoms with van der Waals surface area (Å²) in [4.78, 5) is 51.6. The molecule has 2 aliphatic rings. The highest BCUT2D eigenvalue weighted by atomic mass is 19.4. The number of alkyl halides is 9. The molecular formula is C25H25F9N4O9. The van der Waals surface area contributed by atoms with Crippen LogP contribution in [0.15, 0.2) is 48.9 Å². The van der Waals surface area contributed by atoms with Gasteiger partial charge in [-0.25, -0.2) is 19.4 Å². The van der Waals surface area contributed by atoms with Gasteiger partial charge in [0.25, 0.3) is 5.91 Å². The second kappa shape index (κ2) is 17.4. The van der Waals surface area contributed by atoms with E-state index in [1.165, 1.54) is 0 Å². The number of carbonyl (C=O) groups excluding carboxylic acids is 1. The highest BCUT2D eigenvalue weighted by Crippen LogP contribution is 2.27. The number of pyridine rings is 2. The third-order valence-corrected chi connectivity index (χ3v) is 5.46. The number of carboxylic acids is 3. The molecule has 0 bridgehead atoms. The van der Waals surface area contributed by atoms with Crippen molar-refractivity contribution in [3.63, 3.8) is 0 Å². The molecule has 0 saturated carbocycles. The van der Waals surface area contributed by atoms with E-state index in [-0.39, 0.29) is 12.5 Å². The standard InChI is InChI=1S/C19H22N4O3.3C2HF3O2/c24-18-12-26-19(14-23(18)17-5-1-2-7-21-17)13-22(8-9-25-15-19)11-16-4-3-6-20-10-16;3*3-2(4,5)1(6)7/h1-7,10H,8-9,11-15H2;3*(H,6,7). The fourth-order valence-electron chi connectivity index (χ4n) is 3.49. The Morgan fingerprint density at radius 2 is 1.38 bits per heavy atom. The second-order valence-electron chi connectivity index (χ2n) is 9.17. The summed E-state index contributed by atoms with van der Waals surface area (Å²) in [6.07, 6.45) is -9.90. The summed E-state index contributed by atoms with van der Waals surface area (Å²) in [6.45, 7) is 3.87. The number of aliphatic carboxylic acids is 3. The maximum Gasteiger partial charge on any atom is 0.490 e. The molecule has 4 rings (SSSR count). The summed E-state index contributed by atoms with van der Waals surface area (Å²) in [6, 6.07) is 9.58. The lowest BCUT2D eigenvalue weighted by Crippen LogP contribution is -2.60. The number of amides is 1. The Bertz CT molecular complexity index is 1260. The van der Waals surface area contributed by atoms with E-state index in [4.69, 9.17) is 39.2 Å². The monoisotopic (exact) mass is 696 g/mol. The van der Waals surface area contributed by atoms with E-state index in [2.05, 4.69) is 20.9 Å². The number of aromatic nitrogens is 2. The summed E-state index contributed by atoms with van der Waals surface area (Å²) in [5.41, 5.74) is 0.599. The van der Waals surface area contributed by atoms with Crippen molar-refractivity contribution in [2.24, 2.45) is 0 Å². The summed E-state index contributed by atoms with van der Waals surface area (Å²) in [5.74, 6) is -7.69. The van der Waals surface area contributed by atoms with Gasteiger partial charge in [-0.05, 0) is 23.8 Å². The molecule has 0 aromatic carbocycles. The predicted molar refractivity (Wildman–Crippen MR) is 137 cm³/mol. The molecule has 2 saturated heterocycles. The van der Waals surface area contributed by atoms with Crippen LogP contribution < -0.4 is 4.90 Å². The number of hydrogen-bond donors (Lipinski definition) is 3. The lowest BCUT2D eigenvalue weighted by atomic mass is 10.0. The summed E-state index contributed by atoms with van der Waals surface area (Å²) in [5, 5.41) is 21.4. The lowest BCUT2D eigenvalue weighted by molar-refractivity contribution is -0.193. The number of rotatable bonds is 3. The van der Waals surface area contributed by atoms with Crippen LogP contribution in [0.5, 0.6) is 0 Å². The van der Waals surface area contributed by atoms with Gasteiger partial charge in [0.1, 0.15) is 18.0 Å². The van der Waals surface area contributed by atoms with Crippen LogP contribution >= 0.6 is 0 Å². The number of anilines is 1. The van der Waals surface area contributed by atoms with Gasteiger partial charge >= 0.3 is 36.4 Å². The van der Waals surface area contributed by atoms with Crippen molar-refractivity contribution in [3.05, 3.63) is 54.5 Å². The Labute approximate surface area is 258 Å². The van der Waals surface area contributed by atoms with Crippen LogP contribution in [0.4, 0.5) is 45.3 Å². The average Bonchev–Trinajstić information content (AvgIpc) is 3.16. The molecule has 1 unspecified atom stereocenters. The molecule has 0 radical (unpaired) electrons. The Hall–Kier alpha value is -4.57. The molecule has 4 heterocycles. The normalized spacial score (nSPS) is 18.7. The van der Waals surface area contributed by atoms with Gasteiger partial charge in [-0.2, -0.15) is 39.5 Å². The molecule has 1 atom stereocenters. The number of nitrogens with zero attached hydrogens (tertiary/aromatic N) is 4. The molecule has 3 N–H and O–H groups in total. The molecule has 2 aliphatic heterocycles. The van der Waals surface area contributed by atoms with E-state index in [0.717, 1.165) is 18.7 Å². The minimum Gasteiger partial charge on any atom is -0.475 e. The first-order valence-electron chi connectivity index (χ1n) is 12.5. The van der Waals surface area contributed by atoms with Crippen molar-refractivity contribution in [2.75, 3.05) is 44.4 Å². The first-order chi connectivity index (χ1) is 21.6. The number of morpholine rings is 1. The van der Waals surface area contributed by atoms with Gasteiger partial charge in [-0.15, -0.1) is 0 Å². The summed E-state index contributed by atoms with van der Waals surface area (Å²) >= 11 is 0. The second-order valence-corrected chi connectivity index (χ2v) is 9.17. The molecule has 2 aromatic rings. The first-order valence-corrected chi connectivity index (χ1v) is 12.5. The van der Waals surface area contributed by atoms with Crippen molar-refractivity contribution in [3.8, 4) is 0 Å². The van der Waals surface area contributed by atoms with Gasteiger partial charge in [0.15, 0.2) is 0 Å². The van der Waals surface area contributed by atoms with Crippen molar-refractivity contribution < 1.29 is 83.5 Å². The molecule has 262 valence electrons. The first kappa shape index (κ1) is 40.5. The van der Waals surface area contributed by atoms with Crippen LogP contribution in [0.1, 0.15) is 5.56 Å². The zero-order valence-electron chi connectivity index (χ0n) is 23.6. The summed E-state index contributed by atoms with van der Waals surface area (Å²) < 4.78 is 107. The molecule has 1 spiro atoms. The van der Waals surface area contributed by atoms with Gasteiger partial charge in [-0.3, -0.25) is 19.6 Å². The molecule has 47 heavy (non-hydrogen) atoms. The van der Waals surface area contributed by atoms with Crippen LogP contribution in [0.3, 0.4) is 0 Å². The number of carboxylic acid groups (broad SMARTS) is 3. The van der Waals surface area contributed by atoms with E-state index in [1.807, 2.05) is 30.5 Å². The van der Waals surface area contributed by atoms with Gasteiger partial charge in [0.2, 0.25) is 0 Å². The van der Waals surface area contributed by atoms with Gasteiger partial charge in [0, 0.05) is 38.2 Å². The minimum atomic E-state index is -5.08. The number of hydrogen-bond acceptors (Lipinski definition) is 9. The van der Waals surface area contributed by atoms with Gasteiger partial charge < -0.3 is 24.8 Å². The van der Waals surface area contributed by atoms with E-state index in [0.29, 0.717) is 32.1 Å². The molecule has 13 nitrogen and oxygen atoms in total. The maximum atomic E-state index is 12.4. The van der Waals surface area contributed by atoms with Gasteiger partial charge in [0.05, 0.1) is 19.8 Å². The minimum absolute atomic E-state index is 0.0423. The molecule has 2 aromatic heterocycles.